The zero-order valence-electron chi connectivity index (χ0n) is 10.8. The molecule has 18 heavy (non-hydrogen) atoms. The molecule has 0 radical (unpaired) electrons. The summed E-state index contributed by atoms with van der Waals surface area (Å²) in [5.74, 6) is 1.34. The Kier molecular flexibility index (Phi) is 5.84. The lowest BCUT2D eigenvalue weighted by Gasteiger charge is -2.00. The molecule has 5 heteroatoms. The normalized spacial score (nSPS) is 10.9. The van der Waals surface area contributed by atoms with E-state index in [9.17, 15) is 4.79 Å². The summed E-state index contributed by atoms with van der Waals surface area (Å²) in [5.41, 5.74) is 5.55. The van der Waals surface area contributed by atoms with Gasteiger partial charge in [-0.2, -0.15) is 5.10 Å². The number of unbranched alkanes of at least 4 members (excludes halogenated alkanes) is 2. The van der Waals surface area contributed by atoms with E-state index in [1.54, 1.807) is 12.3 Å². The number of ketones is 1. The van der Waals surface area contributed by atoms with Gasteiger partial charge in [-0.25, -0.2) is 9.67 Å². The van der Waals surface area contributed by atoms with Gasteiger partial charge >= 0.3 is 0 Å². The third kappa shape index (κ3) is 4.53. The molecular weight excluding hydrogens is 228 g/mol. The Balaban J connectivity index is 2.30. The fourth-order valence-electron chi connectivity index (χ4n) is 1.51. The molecule has 0 fully saturated rings. The fourth-order valence-corrected chi connectivity index (χ4v) is 1.51. The van der Waals surface area contributed by atoms with E-state index < -0.39 is 0 Å². The first-order valence-corrected chi connectivity index (χ1v) is 6.18. The molecule has 2 N–H and O–H groups in total. The van der Waals surface area contributed by atoms with E-state index in [-0.39, 0.29) is 0 Å². The molecule has 98 valence electrons. The van der Waals surface area contributed by atoms with Crippen LogP contribution in [0.1, 0.15) is 39.0 Å². The zero-order chi connectivity index (χ0) is 13.4. The number of carbonyl (C=O) groups is 1. The van der Waals surface area contributed by atoms with Crippen LogP contribution in [-0.4, -0.2) is 21.8 Å². The van der Waals surface area contributed by atoms with Gasteiger partial charge in [-0.1, -0.05) is 13.5 Å². The molecule has 0 aliphatic carbocycles. The molecule has 0 aliphatic heterocycles. The Morgan fingerprint density at radius 1 is 1.61 bits per heavy atom. The second-order valence-corrected chi connectivity index (χ2v) is 4.04. The molecule has 0 aromatic carbocycles. The maximum Gasteiger partial charge on any atom is 0.156 e. The van der Waals surface area contributed by atoms with E-state index in [0.29, 0.717) is 30.3 Å². The van der Waals surface area contributed by atoms with Crippen molar-refractivity contribution in [3.05, 3.63) is 18.8 Å². The van der Waals surface area contributed by atoms with E-state index in [1.165, 1.54) is 4.68 Å². The van der Waals surface area contributed by atoms with Crippen molar-refractivity contribution >= 4 is 23.6 Å². The van der Waals surface area contributed by atoms with Crippen molar-refractivity contribution in [3.8, 4) is 0 Å². The summed E-state index contributed by atoms with van der Waals surface area (Å²) in [6, 6.07) is 1.77. The monoisotopic (exact) mass is 248 g/mol. The summed E-state index contributed by atoms with van der Waals surface area (Å²) in [6.07, 6.45) is 7.49. The third-order valence-corrected chi connectivity index (χ3v) is 2.55. The summed E-state index contributed by atoms with van der Waals surface area (Å²) < 4.78 is 1.48. The fraction of sp³-hybridized carbons (Fsp3) is 0.462. The third-order valence-electron chi connectivity index (χ3n) is 2.55. The van der Waals surface area contributed by atoms with Crippen molar-refractivity contribution in [2.45, 2.75) is 39.0 Å². The number of nitrogens with zero attached hydrogens (tertiary/aromatic N) is 3. The zero-order valence-corrected chi connectivity index (χ0v) is 10.8. The Labute approximate surface area is 107 Å². The molecule has 5 nitrogen and oxygen atoms in total. The summed E-state index contributed by atoms with van der Waals surface area (Å²) >= 11 is 0. The highest BCUT2D eigenvalue weighted by Crippen LogP contribution is 2.12. The van der Waals surface area contributed by atoms with Crippen LogP contribution in [0.3, 0.4) is 0 Å². The lowest BCUT2D eigenvalue weighted by molar-refractivity contribution is -0.118. The molecule has 0 saturated heterocycles. The van der Waals surface area contributed by atoms with Crippen LogP contribution in [0.2, 0.25) is 0 Å². The van der Waals surface area contributed by atoms with E-state index in [4.69, 9.17) is 5.73 Å². The van der Waals surface area contributed by atoms with Gasteiger partial charge in [0.1, 0.15) is 11.6 Å². The average Bonchev–Trinajstić information content (AvgIpc) is 2.81. The highest BCUT2D eigenvalue weighted by atomic mass is 16.1. The van der Waals surface area contributed by atoms with Gasteiger partial charge in [0.25, 0.3) is 0 Å². The number of Topliss-reactive ketones (excluding diaryl/α,β-unsaturated/α-hetero) is 1. The lowest BCUT2D eigenvalue weighted by Crippen LogP contribution is -2.05. The maximum absolute atomic E-state index is 11.1. The summed E-state index contributed by atoms with van der Waals surface area (Å²) in [4.78, 5) is 15.4. The minimum Gasteiger partial charge on any atom is -0.384 e. The van der Waals surface area contributed by atoms with Gasteiger partial charge in [-0.05, 0) is 19.3 Å². The van der Waals surface area contributed by atoms with Gasteiger partial charge in [0.15, 0.2) is 5.82 Å². The van der Waals surface area contributed by atoms with E-state index in [0.717, 1.165) is 19.3 Å². The second-order valence-electron chi connectivity index (χ2n) is 4.04. The number of rotatable bonds is 8. The molecule has 0 spiro atoms. The van der Waals surface area contributed by atoms with Crippen LogP contribution in [0.15, 0.2) is 23.8 Å². The molecular formula is C13H20N4O. The highest BCUT2D eigenvalue weighted by molar-refractivity contribution is 5.77. The lowest BCUT2D eigenvalue weighted by atomic mass is 10.1. The summed E-state index contributed by atoms with van der Waals surface area (Å²) in [5, 5.41) is 4.00. The minimum atomic E-state index is 0.324. The van der Waals surface area contributed by atoms with Crippen LogP contribution in [0, 0.1) is 0 Å². The Bertz CT molecular complexity index is 434. The number of aromatic nitrogens is 2. The van der Waals surface area contributed by atoms with Crippen LogP contribution in [0.5, 0.6) is 0 Å². The van der Waals surface area contributed by atoms with Gasteiger partial charge in [-0.3, -0.25) is 4.79 Å². The van der Waals surface area contributed by atoms with E-state index >= 15 is 0 Å². The largest absolute Gasteiger partial charge is 0.384 e. The van der Waals surface area contributed by atoms with E-state index in [1.807, 2.05) is 13.1 Å². The molecule has 0 aliphatic rings. The van der Waals surface area contributed by atoms with Gasteiger partial charge in [0.05, 0.1) is 6.20 Å². The minimum absolute atomic E-state index is 0.324. The standard InChI is InChI=1S/C13H20N4O/c1-3-12(18)7-5-4-6-9-15-13-8-10-16-17(13)11(2)14/h8-10H,2-7,14H2,1H3/b15-9+. The SMILES string of the molecule is C=C(N)n1nccc1/N=C/CCCCC(=O)CC. The van der Waals surface area contributed by atoms with Crippen LogP contribution in [-0.2, 0) is 4.79 Å². The molecule has 1 heterocycles. The number of carbonyl (C=O) groups excluding carboxylic acids is 1. The molecule has 0 atom stereocenters. The Morgan fingerprint density at radius 2 is 2.39 bits per heavy atom. The van der Waals surface area contributed by atoms with Gasteiger partial charge in [-0.15, -0.1) is 0 Å². The smallest absolute Gasteiger partial charge is 0.156 e. The number of hydrogen-bond donors (Lipinski definition) is 1. The first-order chi connectivity index (χ1) is 8.65. The Morgan fingerprint density at radius 3 is 3.06 bits per heavy atom. The van der Waals surface area contributed by atoms with Gasteiger partial charge in [0, 0.05) is 25.1 Å². The molecule has 0 unspecified atom stereocenters. The first-order valence-electron chi connectivity index (χ1n) is 6.18. The number of nitrogens with two attached hydrogens (primary N) is 1. The molecule has 0 bridgehead atoms. The second kappa shape index (κ2) is 7.42. The van der Waals surface area contributed by atoms with Crippen LogP contribution >= 0.6 is 0 Å². The van der Waals surface area contributed by atoms with Crippen molar-refractivity contribution in [2.75, 3.05) is 0 Å². The molecule has 1 aromatic rings. The first kappa shape index (κ1) is 14.2. The quantitative estimate of drug-likeness (QED) is 0.567. The average molecular weight is 248 g/mol. The summed E-state index contributed by atoms with van der Waals surface area (Å²) in [7, 11) is 0. The van der Waals surface area contributed by atoms with Crippen molar-refractivity contribution < 1.29 is 4.79 Å². The van der Waals surface area contributed by atoms with Crippen molar-refractivity contribution in [3.63, 3.8) is 0 Å². The molecule has 1 aromatic heterocycles. The summed E-state index contributed by atoms with van der Waals surface area (Å²) in [6.45, 7) is 5.51. The van der Waals surface area contributed by atoms with Crippen LogP contribution in [0.4, 0.5) is 5.82 Å². The van der Waals surface area contributed by atoms with Gasteiger partial charge in [0.2, 0.25) is 0 Å². The highest BCUT2D eigenvalue weighted by Gasteiger charge is 2.00. The Hall–Kier alpha value is -1.91. The van der Waals surface area contributed by atoms with Crippen molar-refractivity contribution in [1.82, 2.24) is 9.78 Å². The van der Waals surface area contributed by atoms with Crippen molar-refractivity contribution in [1.29, 1.82) is 0 Å². The molecule has 1 rings (SSSR count). The van der Waals surface area contributed by atoms with E-state index in [2.05, 4.69) is 16.7 Å². The number of aliphatic imine (C=N–C) groups is 1. The maximum atomic E-state index is 11.1. The van der Waals surface area contributed by atoms with Crippen LogP contribution < -0.4 is 5.73 Å². The topological polar surface area (TPSA) is 73.3 Å². The predicted octanol–water partition coefficient (Wildman–Crippen LogP) is 2.51. The molecule has 0 saturated carbocycles. The van der Waals surface area contributed by atoms with Crippen LogP contribution in [0.25, 0.3) is 5.82 Å². The number of hydrogen-bond acceptors (Lipinski definition) is 4. The van der Waals surface area contributed by atoms with Crippen molar-refractivity contribution in [2.24, 2.45) is 10.7 Å². The van der Waals surface area contributed by atoms with Gasteiger partial charge < -0.3 is 5.73 Å². The molecule has 0 amide bonds. The predicted molar refractivity (Wildman–Crippen MR) is 73.7 cm³/mol.